The molecule has 0 amide bonds. The zero-order valence-corrected chi connectivity index (χ0v) is 11.4. The maximum atomic E-state index is 12.0. The van der Waals surface area contributed by atoms with Crippen molar-refractivity contribution >= 4 is 5.97 Å². The van der Waals surface area contributed by atoms with Crippen LogP contribution in [-0.2, 0) is 16.1 Å². The van der Waals surface area contributed by atoms with Crippen LogP contribution in [0.3, 0.4) is 0 Å². The Bertz CT molecular complexity index is 450. The highest BCUT2D eigenvalue weighted by atomic mass is 16.5. The third-order valence-electron chi connectivity index (χ3n) is 3.61. The first-order valence-corrected chi connectivity index (χ1v) is 6.27. The molecule has 18 heavy (non-hydrogen) atoms. The Hall–Kier alpha value is -1.51. The first-order chi connectivity index (χ1) is 8.43. The van der Waals surface area contributed by atoms with Crippen molar-refractivity contribution in [3.63, 3.8) is 0 Å². The molecule has 1 saturated carbocycles. The average Bonchev–Trinajstić information content (AvgIpc) is 2.70. The summed E-state index contributed by atoms with van der Waals surface area (Å²) in [5.41, 5.74) is 1.26. The summed E-state index contributed by atoms with van der Waals surface area (Å²) in [6, 6.07) is 3.59. The third-order valence-corrected chi connectivity index (χ3v) is 3.61. The van der Waals surface area contributed by atoms with Gasteiger partial charge in [0.25, 0.3) is 0 Å². The molecule has 1 aliphatic rings. The molecule has 0 N–H and O–H groups in total. The lowest BCUT2D eigenvalue weighted by Gasteiger charge is -2.03. The van der Waals surface area contributed by atoms with Crippen LogP contribution < -0.4 is 0 Å². The van der Waals surface area contributed by atoms with Crippen molar-refractivity contribution in [3.8, 4) is 0 Å². The van der Waals surface area contributed by atoms with Crippen LogP contribution in [-0.4, -0.2) is 5.97 Å². The fourth-order valence-corrected chi connectivity index (χ4v) is 2.42. The highest BCUT2D eigenvalue weighted by Crippen LogP contribution is 2.59. The van der Waals surface area contributed by atoms with Gasteiger partial charge in [0.2, 0.25) is 0 Å². The van der Waals surface area contributed by atoms with Gasteiger partial charge in [-0.05, 0) is 37.3 Å². The molecule has 3 nitrogen and oxygen atoms in total. The molecule has 1 aromatic rings. The molecular weight excluding hydrogens is 228 g/mol. The number of allylic oxidation sites excluding steroid dienone is 2. The van der Waals surface area contributed by atoms with Crippen LogP contribution in [0.2, 0.25) is 0 Å². The lowest BCUT2D eigenvalue weighted by molar-refractivity contribution is -0.148. The number of hydrogen-bond acceptors (Lipinski definition) is 3. The second kappa shape index (κ2) is 4.63. The monoisotopic (exact) mass is 248 g/mol. The summed E-state index contributed by atoms with van der Waals surface area (Å²) >= 11 is 0. The largest absolute Gasteiger partial charge is 0.466 e. The first-order valence-electron chi connectivity index (χ1n) is 6.27. The van der Waals surface area contributed by atoms with Gasteiger partial charge in [-0.25, -0.2) is 0 Å². The molecule has 98 valence electrons. The second-order valence-electron chi connectivity index (χ2n) is 5.76. The normalized spacial score (nSPS) is 24.4. The van der Waals surface area contributed by atoms with Crippen molar-refractivity contribution in [1.29, 1.82) is 0 Å². The average molecular weight is 248 g/mol. The summed E-state index contributed by atoms with van der Waals surface area (Å²) in [5.74, 6) is 0.827. The van der Waals surface area contributed by atoms with E-state index in [4.69, 9.17) is 9.15 Å². The fraction of sp³-hybridized carbons (Fsp3) is 0.533. The van der Waals surface area contributed by atoms with Gasteiger partial charge in [0.05, 0.1) is 12.2 Å². The van der Waals surface area contributed by atoms with E-state index in [2.05, 4.69) is 33.8 Å². The van der Waals surface area contributed by atoms with E-state index in [1.54, 1.807) is 18.4 Å². The minimum Gasteiger partial charge on any atom is -0.466 e. The molecule has 1 aliphatic carbocycles. The molecule has 0 saturated heterocycles. The predicted octanol–water partition coefficient (Wildman–Crippen LogP) is 3.56. The highest BCUT2D eigenvalue weighted by molar-refractivity contribution is 5.78. The lowest BCUT2D eigenvalue weighted by Crippen LogP contribution is -2.10. The second-order valence-corrected chi connectivity index (χ2v) is 5.76. The summed E-state index contributed by atoms with van der Waals surface area (Å²) in [4.78, 5) is 12.0. The summed E-state index contributed by atoms with van der Waals surface area (Å²) in [5, 5.41) is 0. The smallest absolute Gasteiger partial charge is 0.310 e. The number of ether oxygens (including phenoxy) is 1. The molecular formula is C15H20O3. The van der Waals surface area contributed by atoms with Gasteiger partial charge in [0.1, 0.15) is 12.4 Å². The van der Waals surface area contributed by atoms with Crippen LogP contribution in [0.4, 0.5) is 0 Å². The number of hydrogen-bond donors (Lipinski definition) is 0. The summed E-state index contributed by atoms with van der Waals surface area (Å²) in [7, 11) is 0. The van der Waals surface area contributed by atoms with E-state index in [0.29, 0.717) is 11.7 Å². The van der Waals surface area contributed by atoms with Crippen LogP contribution >= 0.6 is 0 Å². The Kier molecular flexibility index (Phi) is 3.33. The van der Waals surface area contributed by atoms with Gasteiger partial charge in [-0.1, -0.05) is 25.5 Å². The van der Waals surface area contributed by atoms with Crippen molar-refractivity contribution in [3.05, 3.63) is 35.8 Å². The summed E-state index contributed by atoms with van der Waals surface area (Å²) in [6.45, 7) is 8.55. The molecule has 2 atom stereocenters. The van der Waals surface area contributed by atoms with Crippen molar-refractivity contribution < 1.29 is 13.9 Å². The lowest BCUT2D eigenvalue weighted by atomic mass is 10.1. The van der Waals surface area contributed by atoms with E-state index in [-0.39, 0.29) is 23.9 Å². The molecule has 0 bridgehead atoms. The Balaban J connectivity index is 1.92. The molecule has 2 rings (SSSR count). The molecule has 3 heteroatoms. The van der Waals surface area contributed by atoms with Gasteiger partial charge in [0.15, 0.2) is 0 Å². The number of furan rings is 1. The molecule has 0 aromatic carbocycles. The Morgan fingerprint density at radius 1 is 1.50 bits per heavy atom. The van der Waals surface area contributed by atoms with Gasteiger partial charge < -0.3 is 9.15 Å². The number of carbonyl (C=O) groups is 1. The van der Waals surface area contributed by atoms with E-state index in [9.17, 15) is 4.79 Å². The Morgan fingerprint density at radius 2 is 2.22 bits per heavy atom. The van der Waals surface area contributed by atoms with E-state index in [1.165, 1.54) is 5.57 Å². The van der Waals surface area contributed by atoms with Crippen LogP contribution in [0, 0.1) is 17.3 Å². The Labute approximate surface area is 108 Å². The Morgan fingerprint density at radius 3 is 2.78 bits per heavy atom. The predicted molar refractivity (Wildman–Crippen MR) is 68.7 cm³/mol. The van der Waals surface area contributed by atoms with Gasteiger partial charge >= 0.3 is 5.97 Å². The van der Waals surface area contributed by atoms with E-state index in [1.807, 2.05) is 0 Å². The molecule has 1 heterocycles. The quantitative estimate of drug-likeness (QED) is 0.604. The first kappa shape index (κ1) is 12.9. The van der Waals surface area contributed by atoms with E-state index < -0.39 is 0 Å². The van der Waals surface area contributed by atoms with Crippen molar-refractivity contribution in [2.75, 3.05) is 0 Å². The topological polar surface area (TPSA) is 39.4 Å². The molecule has 1 fully saturated rings. The van der Waals surface area contributed by atoms with Crippen LogP contribution in [0.1, 0.15) is 33.5 Å². The van der Waals surface area contributed by atoms with Crippen LogP contribution in [0.5, 0.6) is 0 Å². The van der Waals surface area contributed by atoms with Gasteiger partial charge in [-0.2, -0.15) is 0 Å². The van der Waals surface area contributed by atoms with Crippen LogP contribution in [0.15, 0.2) is 34.5 Å². The number of carbonyl (C=O) groups excluding carboxylic acids is 1. The zero-order valence-electron chi connectivity index (χ0n) is 11.4. The minimum atomic E-state index is -0.126. The number of esters is 1. The molecule has 1 aromatic heterocycles. The minimum absolute atomic E-state index is 0.0114. The van der Waals surface area contributed by atoms with Crippen molar-refractivity contribution in [1.82, 2.24) is 0 Å². The van der Waals surface area contributed by atoms with E-state index in [0.717, 1.165) is 0 Å². The van der Waals surface area contributed by atoms with Crippen LogP contribution in [0.25, 0.3) is 0 Å². The zero-order chi connectivity index (χ0) is 13.3. The maximum absolute atomic E-state index is 12.0. The highest BCUT2D eigenvalue weighted by Gasteiger charge is 2.61. The van der Waals surface area contributed by atoms with Gasteiger partial charge in [-0.15, -0.1) is 0 Å². The van der Waals surface area contributed by atoms with Gasteiger partial charge in [-0.3, -0.25) is 4.79 Å². The summed E-state index contributed by atoms with van der Waals surface area (Å²) in [6.07, 6.45) is 3.75. The maximum Gasteiger partial charge on any atom is 0.310 e. The fourth-order valence-electron chi connectivity index (χ4n) is 2.42. The standard InChI is InChI=1S/C15H20O3/c1-10(2)8-12-13(15(12,3)4)14(16)18-9-11-6-5-7-17-11/h5-8,12-13H,9H2,1-4H3/t12-,13-/m1/s1. The van der Waals surface area contributed by atoms with Crippen molar-refractivity contribution in [2.45, 2.75) is 34.3 Å². The molecule has 0 aliphatic heterocycles. The summed E-state index contributed by atoms with van der Waals surface area (Å²) < 4.78 is 10.4. The molecule has 0 unspecified atom stereocenters. The van der Waals surface area contributed by atoms with Gasteiger partial charge in [0, 0.05) is 0 Å². The third kappa shape index (κ3) is 2.50. The van der Waals surface area contributed by atoms with Crippen molar-refractivity contribution in [2.24, 2.45) is 17.3 Å². The number of rotatable bonds is 4. The van der Waals surface area contributed by atoms with E-state index >= 15 is 0 Å². The molecule has 0 radical (unpaired) electrons. The molecule has 0 spiro atoms. The SMILES string of the molecule is CC(C)=C[C@@H]1[C@H](C(=O)OCc2ccco2)C1(C)C.